The SMILES string of the molecule is CN(C)c1ccc(-c2cn3cc(Br)ccc3n2)cc1. The van der Waals surface area contributed by atoms with E-state index in [2.05, 4.69) is 50.1 Å². The van der Waals surface area contributed by atoms with Crippen LogP contribution >= 0.6 is 15.9 Å². The molecule has 0 atom stereocenters. The van der Waals surface area contributed by atoms with E-state index in [1.807, 2.05) is 43.0 Å². The summed E-state index contributed by atoms with van der Waals surface area (Å²) in [6, 6.07) is 12.4. The number of hydrogen-bond donors (Lipinski definition) is 0. The van der Waals surface area contributed by atoms with Gasteiger partial charge in [0.15, 0.2) is 0 Å². The van der Waals surface area contributed by atoms with Gasteiger partial charge in [-0.15, -0.1) is 0 Å². The Kier molecular flexibility index (Phi) is 3.03. The Balaban J connectivity index is 2.03. The van der Waals surface area contributed by atoms with E-state index in [1.165, 1.54) is 5.69 Å². The molecule has 0 radical (unpaired) electrons. The van der Waals surface area contributed by atoms with Crippen molar-refractivity contribution in [1.29, 1.82) is 0 Å². The Morgan fingerprint density at radius 1 is 1.00 bits per heavy atom. The summed E-state index contributed by atoms with van der Waals surface area (Å²) in [5.41, 5.74) is 4.26. The maximum Gasteiger partial charge on any atom is 0.137 e. The molecule has 0 N–H and O–H groups in total. The zero-order valence-corrected chi connectivity index (χ0v) is 12.4. The number of benzene rings is 1. The minimum atomic E-state index is 0.954. The molecule has 0 amide bonds. The predicted molar refractivity (Wildman–Crippen MR) is 82.7 cm³/mol. The van der Waals surface area contributed by atoms with E-state index in [1.54, 1.807) is 0 Å². The molecule has 0 saturated heterocycles. The number of rotatable bonds is 2. The minimum Gasteiger partial charge on any atom is -0.378 e. The molecular weight excluding hydrogens is 302 g/mol. The van der Waals surface area contributed by atoms with Gasteiger partial charge in [0.1, 0.15) is 5.65 Å². The maximum atomic E-state index is 4.63. The second kappa shape index (κ2) is 4.70. The molecule has 0 aliphatic rings. The molecule has 96 valence electrons. The van der Waals surface area contributed by atoms with E-state index >= 15 is 0 Å². The Morgan fingerprint density at radius 3 is 2.42 bits per heavy atom. The van der Waals surface area contributed by atoms with Gasteiger partial charge < -0.3 is 9.30 Å². The first kappa shape index (κ1) is 12.2. The molecule has 2 heterocycles. The lowest BCUT2D eigenvalue weighted by molar-refractivity contribution is 1.13. The van der Waals surface area contributed by atoms with Crippen molar-refractivity contribution >= 4 is 27.3 Å². The summed E-state index contributed by atoms with van der Waals surface area (Å²) >= 11 is 3.47. The summed E-state index contributed by atoms with van der Waals surface area (Å²) in [7, 11) is 4.08. The van der Waals surface area contributed by atoms with E-state index < -0.39 is 0 Å². The third-order valence-electron chi connectivity index (χ3n) is 3.09. The highest BCUT2D eigenvalue weighted by atomic mass is 79.9. The molecule has 0 bridgehead atoms. The number of fused-ring (bicyclic) bond motifs is 1. The van der Waals surface area contributed by atoms with Crippen LogP contribution in [0.2, 0.25) is 0 Å². The molecule has 3 rings (SSSR count). The molecule has 19 heavy (non-hydrogen) atoms. The van der Waals surface area contributed by atoms with Crippen LogP contribution in [0.4, 0.5) is 5.69 Å². The van der Waals surface area contributed by atoms with E-state index in [4.69, 9.17) is 0 Å². The molecule has 0 fully saturated rings. The van der Waals surface area contributed by atoms with Gasteiger partial charge in [-0.1, -0.05) is 12.1 Å². The van der Waals surface area contributed by atoms with Crippen molar-refractivity contribution in [2.45, 2.75) is 0 Å². The van der Waals surface area contributed by atoms with Crippen LogP contribution in [0.5, 0.6) is 0 Å². The van der Waals surface area contributed by atoms with Crippen LogP contribution in [0.25, 0.3) is 16.9 Å². The molecule has 3 aromatic rings. The average molecular weight is 316 g/mol. The fourth-order valence-electron chi connectivity index (χ4n) is 2.03. The van der Waals surface area contributed by atoms with Crippen molar-refractivity contribution in [3.05, 3.63) is 53.3 Å². The van der Waals surface area contributed by atoms with Gasteiger partial charge in [0.25, 0.3) is 0 Å². The second-order valence-corrected chi connectivity index (χ2v) is 5.60. The fraction of sp³-hybridized carbons (Fsp3) is 0.133. The van der Waals surface area contributed by atoms with Crippen LogP contribution in [-0.2, 0) is 0 Å². The van der Waals surface area contributed by atoms with Gasteiger partial charge in [-0.25, -0.2) is 4.98 Å². The van der Waals surface area contributed by atoms with E-state index in [-0.39, 0.29) is 0 Å². The van der Waals surface area contributed by atoms with E-state index in [0.29, 0.717) is 0 Å². The smallest absolute Gasteiger partial charge is 0.137 e. The zero-order valence-electron chi connectivity index (χ0n) is 10.8. The number of nitrogens with zero attached hydrogens (tertiary/aromatic N) is 3. The first-order valence-electron chi connectivity index (χ1n) is 6.05. The largest absolute Gasteiger partial charge is 0.378 e. The number of halogens is 1. The highest BCUT2D eigenvalue weighted by molar-refractivity contribution is 9.10. The molecule has 4 heteroatoms. The Bertz CT molecular complexity index is 714. The summed E-state index contributed by atoms with van der Waals surface area (Å²) < 4.78 is 3.08. The van der Waals surface area contributed by atoms with Crippen LogP contribution < -0.4 is 4.90 Å². The number of aromatic nitrogens is 2. The van der Waals surface area contributed by atoms with Crippen LogP contribution in [0.15, 0.2) is 53.3 Å². The quantitative estimate of drug-likeness (QED) is 0.716. The van der Waals surface area contributed by atoms with Gasteiger partial charge in [-0.05, 0) is 40.2 Å². The number of imidazole rings is 1. The van der Waals surface area contributed by atoms with Crippen molar-refractivity contribution in [3.8, 4) is 11.3 Å². The molecule has 0 unspecified atom stereocenters. The summed E-state index contributed by atoms with van der Waals surface area (Å²) in [4.78, 5) is 6.71. The summed E-state index contributed by atoms with van der Waals surface area (Å²) in [5.74, 6) is 0. The van der Waals surface area contributed by atoms with Crippen LogP contribution in [-0.4, -0.2) is 23.5 Å². The minimum absolute atomic E-state index is 0.954. The molecule has 3 nitrogen and oxygen atoms in total. The van der Waals surface area contributed by atoms with Gasteiger partial charge in [-0.3, -0.25) is 0 Å². The van der Waals surface area contributed by atoms with Crippen molar-refractivity contribution in [2.24, 2.45) is 0 Å². The van der Waals surface area contributed by atoms with Crippen LogP contribution in [0, 0.1) is 0 Å². The van der Waals surface area contributed by atoms with Gasteiger partial charge >= 0.3 is 0 Å². The van der Waals surface area contributed by atoms with Crippen molar-refractivity contribution in [3.63, 3.8) is 0 Å². The Labute approximate surface area is 120 Å². The van der Waals surface area contributed by atoms with Gasteiger partial charge in [0.2, 0.25) is 0 Å². The second-order valence-electron chi connectivity index (χ2n) is 4.68. The summed E-state index contributed by atoms with van der Waals surface area (Å²) in [6.45, 7) is 0. The first-order chi connectivity index (χ1) is 9.13. The molecule has 0 saturated carbocycles. The van der Waals surface area contributed by atoms with Crippen molar-refractivity contribution < 1.29 is 0 Å². The highest BCUT2D eigenvalue weighted by Crippen LogP contribution is 2.23. The molecule has 1 aromatic carbocycles. The summed E-state index contributed by atoms with van der Waals surface area (Å²) in [6.07, 6.45) is 4.06. The normalized spacial score (nSPS) is 10.9. The number of anilines is 1. The van der Waals surface area contributed by atoms with Gasteiger partial charge in [0.05, 0.1) is 5.69 Å². The molecular formula is C15H14BrN3. The molecule has 2 aromatic heterocycles. The Morgan fingerprint density at radius 2 is 1.74 bits per heavy atom. The van der Waals surface area contributed by atoms with E-state index in [0.717, 1.165) is 21.4 Å². The number of hydrogen-bond acceptors (Lipinski definition) is 2. The monoisotopic (exact) mass is 315 g/mol. The third-order valence-corrected chi connectivity index (χ3v) is 3.56. The lowest BCUT2D eigenvalue weighted by Crippen LogP contribution is -2.07. The summed E-state index contributed by atoms with van der Waals surface area (Å²) in [5, 5.41) is 0. The molecule has 0 aliphatic heterocycles. The predicted octanol–water partition coefficient (Wildman–Crippen LogP) is 3.83. The average Bonchev–Trinajstić information content (AvgIpc) is 2.81. The lowest BCUT2D eigenvalue weighted by Gasteiger charge is -2.12. The first-order valence-corrected chi connectivity index (χ1v) is 6.85. The van der Waals surface area contributed by atoms with Crippen LogP contribution in [0.3, 0.4) is 0 Å². The van der Waals surface area contributed by atoms with E-state index in [9.17, 15) is 0 Å². The topological polar surface area (TPSA) is 20.5 Å². The molecule has 0 spiro atoms. The third kappa shape index (κ3) is 2.36. The number of pyridine rings is 1. The fourth-order valence-corrected chi connectivity index (χ4v) is 2.39. The highest BCUT2D eigenvalue weighted by Gasteiger charge is 2.05. The van der Waals surface area contributed by atoms with Crippen molar-refractivity contribution in [2.75, 3.05) is 19.0 Å². The lowest BCUT2D eigenvalue weighted by atomic mass is 10.1. The van der Waals surface area contributed by atoms with Gasteiger partial charge in [0, 0.05) is 42.2 Å². The van der Waals surface area contributed by atoms with Crippen molar-refractivity contribution in [1.82, 2.24) is 9.38 Å². The molecule has 0 aliphatic carbocycles. The standard InChI is InChI=1S/C15H14BrN3/c1-18(2)13-6-3-11(4-7-13)14-10-19-9-12(16)5-8-15(19)17-14/h3-10H,1-2H3. The maximum absolute atomic E-state index is 4.63. The zero-order chi connectivity index (χ0) is 13.4. The Hall–Kier alpha value is -1.81. The van der Waals surface area contributed by atoms with Gasteiger partial charge in [-0.2, -0.15) is 0 Å². The van der Waals surface area contributed by atoms with Crippen LogP contribution in [0.1, 0.15) is 0 Å².